The quantitative estimate of drug-likeness (QED) is 0.710. The molecule has 158 valence electrons. The Kier molecular flexibility index (Phi) is 6.22. The van der Waals surface area contributed by atoms with Crippen molar-refractivity contribution in [1.82, 2.24) is 5.32 Å². The summed E-state index contributed by atoms with van der Waals surface area (Å²) in [7, 11) is 4.12. The van der Waals surface area contributed by atoms with Gasteiger partial charge in [-0.15, -0.1) is 0 Å². The summed E-state index contributed by atoms with van der Waals surface area (Å²) < 4.78 is 21.4. The molecular weight excluding hydrogens is 410 g/mol. The number of esters is 2. The van der Waals surface area contributed by atoms with E-state index in [0.29, 0.717) is 39.3 Å². The minimum Gasteiger partial charge on any atom is -0.496 e. The van der Waals surface area contributed by atoms with E-state index < -0.39 is 17.9 Å². The maximum absolute atomic E-state index is 12.6. The lowest BCUT2D eigenvalue weighted by Gasteiger charge is -2.28. The predicted molar refractivity (Wildman–Crippen MR) is 111 cm³/mol. The number of rotatable bonds is 5. The molecule has 2 aromatic rings. The summed E-state index contributed by atoms with van der Waals surface area (Å²) >= 11 is 6.14. The fourth-order valence-corrected chi connectivity index (χ4v) is 3.74. The van der Waals surface area contributed by atoms with Crippen LogP contribution in [0.25, 0.3) is 11.3 Å². The summed E-state index contributed by atoms with van der Waals surface area (Å²) in [5.41, 5.74) is 2.31. The van der Waals surface area contributed by atoms with Crippen molar-refractivity contribution < 1.29 is 28.2 Å². The number of methoxy groups -OCH3 is 3. The number of halogens is 1. The minimum atomic E-state index is -0.801. The Bertz CT molecular complexity index is 1030. The fourth-order valence-electron chi connectivity index (χ4n) is 3.57. The summed E-state index contributed by atoms with van der Waals surface area (Å²) in [6, 6.07) is 8.61. The lowest BCUT2D eigenvalue weighted by Crippen LogP contribution is -2.31. The van der Waals surface area contributed by atoms with E-state index in [4.69, 9.17) is 30.2 Å². The average molecular weight is 432 g/mol. The van der Waals surface area contributed by atoms with Crippen molar-refractivity contribution in [1.29, 1.82) is 0 Å². The van der Waals surface area contributed by atoms with Crippen LogP contribution < -0.4 is 10.1 Å². The minimum absolute atomic E-state index is 0.266. The van der Waals surface area contributed by atoms with E-state index >= 15 is 0 Å². The van der Waals surface area contributed by atoms with Crippen molar-refractivity contribution in [2.75, 3.05) is 21.3 Å². The highest BCUT2D eigenvalue weighted by Crippen LogP contribution is 2.42. The van der Waals surface area contributed by atoms with Crippen molar-refractivity contribution in [3.63, 3.8) is 0 Å². The van der Waals surface area contributed by atoms with Crippen LogP contribution in [-0.4, -0.2) is 33.3 Å². The maximum atomic E-state index is 12.6. The third-order valence-corrected chi connectivity index (χ3v) is 5.14. The molecule has 0 saturated carbocycles. The number of dihydropyridines is 1. The summed E-state index contributed by atoms with van der Waals surface area (Å²) in [5.74, 6) is -0.510. The van der Waals surface area contributed by atoms with Crippen LogP contribution >= 0.6 is 11.6 Å². The molecule has 8 heteroatoms. The number of ether oxygens (including phenoxy) is 3. The summed E-state index contributed by atoms with van der Waals surface area (Å²) in [6.45, 7) is 3.47. The molecule has 1 aromatic carbocycles. The molecule has 1 N–H and O–H groups in total. The number of hydrogen-bond donors (Lipinski definition) is 1. The molecular formula is C22H22ClNO6. The van der Waals surface area contributed by atoms with Crippen LogP contribution in [-0.2, 0) is 19.1 Å². The highest BCUT2D eigenvalue weighted by Gasteiger charge is 2.39. The van der Waals surface area contributed by atoms with Crippen molar-refractivity contribution in [3.05, 3.63) is 63.7 Å². The number of furan rings is 1. The summed E-state index contributed by atoms with van der Waals surface area (Å²) in [6.07, 6.45) is 0. The lowest BCUT2D eigenvalue weighted by molar-refractivity contribution is -0.137. The number of hydrogen-bond acceptors (Lipinski definition) is 7. The van der Waals surface area contributed by atoms with Gasteiger partial charge in [0.25, 0.3) is 0 Å². The smallest absolute Gasteiger partial charge is 0.336 e. The van der Waals surface area contributed by atoms with E-state index in [2.05, 4.69) is 5.32 Å². The Hall–Kier alpha value is -3.19. The third-order valence-electron chi connectivity index (χ3n) is 4.91. The normalized spacial score (nSPS) is 14.5. The topological polar surface area (TPSA) is 87.0 Å². The van der Waals surface area contributed by atoms with Gasteiger partial charge in [-0.3, -0.25) is 0 Å². The monoisotopic (exact) mass is 431 g/mol. The number of carbonyl (C=O) groups excluding carboxylic acids is 2. The molecule has 0 fully saturated rings. The molecule has 0 bridgehead atoms. The zero-order chi connectivity index (χ0) is 22.0. The van der Waals surface area contributed by atoms with Gasteiger partial charge in [-0.2, -0.15) is 0 Å². The van der Waals surface area contributed by atoms with Crippen LogP contribution in [0.15, 0.2) is 57.3 Å². The van der Waals surface area contributed by atoms with Crippen LogP contribution in [0.1, 0.15) is 25.5 Å². The molecule has 0 aliphatic carbocycles. The zero-order valence-corrected chi connectivity index (χ0v) is 18.0. The largest absolute Gasteiger partial charge is 0.496 e. The zero-order valence-electron chi connectivity index (χ0n) is 17.3. The SMILES string of the molecule is COC(=O)C1=C(C)NC(C)=C(C(=O)OC)C1c1ccc(-c2cc(Cl)ccc2OC)o1. The molecule has 30 heavy (non-hydrogen) atoms. The molecule has 3 rings (SSSR count). The second-order valence-corrected chi connectivity index (χ2v) is 7.10. The highest BCUT2D eigenvalue weighted by molar-refractivity contribution is 6.30. The van der Waals surface area contributed by atoms with E-state index in [9.17, 15) is 9.59 Å². The Morgan fingerprint density at radius 2 is 1.57 bits per heavy atom. The van der Waals surface area contributed by atoms with Gasteiger partial charge in [0.05, 0.1) is 44.0 Å². The Morgan fingerprint density at radius 1 is 0.967 bits per heavy atom. The fraction of sp³-hybridized carbons (Fsp3) is 0.273. The number of nitrogens with one attached hydrogen (secondary N) is 1. The molecule has 1 aromatic heterocycles. The number of carbonyl (C=O) groups is 2. The van der Waals surface area contributed by atoms with Crippen molar-refractivity contribution >= 4 is 23.5 Å². The molecule has 0 radical (unpaired) electrons. The predicted octanol–water partition coefficient (Wildman–Crippen LogP) is 4.19. The number of allylic oxidation sites excluding steroid dienone is 2. The number of benzene rings is 1. The highest BCUT2D eigenvalue weighted by atomic mass is 35.5. The van der Waals surface area contributed by atoms with Gasteiger partial charge in [0.15, 0.2) is 0 Å². The van der Waals surface area contributed by atoms with Gasteiger partial charge in [0, 0.05) is 16.4 Å². The van der Waals surface area contributed by atoms with Crippen LogP contribution in [0, 0.1) is 0 Å². The molecule has 0 saturated heterocycles. The van der Waals surface area contributed by atoms with E-state index in [1.165, 1.54) is 14.2 Å². The van der Waals surface area contributed by atoms with Crippen molar-refractivity contribution in [2.45, 2.75) is 19.8 Å². The Balaban J connectivity index is 2.18. The first-order valence-corrected chi connectivity index (χ1v) is 9.49. The standard InChI is InChI=1S/C22H22ClNO6/c1-11-18(21(25)28-4)20(19(12(2)24-11)22(26)29-5)17-9-8-16(30-17)14-10-13(23)6-7-15(14)27-3/h6-10,20,24H,1-5H3. The maximum Gasteiger partial charge on any atom is 0.336 e. The first-order valence-electron chi connectivity index (χ1n) is 9.11. The second kappa shape index (κ2) is 8.67. The van der Waals surface area contributed by atoms with Gasteiger partial charge in [-0.25, -0.2) is 9.59 Å². The van der Waals surface area contributed by atoms with Crippen LogP contribution in [0.5, 0.6) is 5.75 Å². The van der Waals surface area contributed by atoms with Crippen LogP contribution in [0.3, 0.4) is 0 Å². The molecule has 1 aliphatic heterocycles. The second-order valence-electron chi connectivity index (χ2n) is 6.67. The molecule has 7 nitrogen and oxygen atoms in total. The van der Waals surface area contributed by atoms with Gasteiger partial charge >= 0.3 is 11.9 Å². The van der Waals surface area contributed by atoms with Crippen LogP contribution in [0.2, 0.25) is 5.02 Å². The van der Waals surface area contributed by atoms with Crippen molar-refractivity contribution in [3.8, 4) is 17.1 Å². The van der Waals surface area contributed by atoms with Gasteiger partial charge < -0.3 is 23.9 Å². The molecule has 1 aliphatic rings. The molecule has 0 amide bonds. The van der Waals surface area contributed by atoms with E-state index in [0.717, 1.165) is 0 Å². The molecule has 0 atom stereocenters. The summed E-state index contributed by atoms with van der Waals surface area (Å²) in [5, 5.41) is 3.57. The molecule has 0 unspecified atom stereocenters. The van der Waals surface area contributed by atoms with E-state index in [1.807, 2.05) is 0 Å². The summed E-state index contributed by atoms with van der Waals surface area (Å²) in [4.78, 5) is 25.1. The van der Waals surface area contributed by atoms with Gasteiger partial charge in [-0.1, -0.05) is 11.6 Å². The van der Waals surface area contributed by atoms with E-state index in [-0.39, 0.29) is 11.1 Å². The molecule has 2 heterocycles. The van der Waals surface area contributed by atoms with Crippen molar-refractivity contribution in [2.24, 2.45) is 0 Å². The van der Waals surface area contributed by atoms with Gasteiger partial charge in [0.1, 0.15) is 17.3 Å². The average Bonchev–Trinajstić information content (AvgIpc) is 3.22. The Labute approximate surface area is 179 Å². The third kappa shape index (κ3) is 3.80. The first-order chi connectivity index (χ1) is 14.3. The van der Waals surface area contributed by atoms with Gasteiger partial charge in [0.2, 0.25) is 0 Å². The lowest BCUT2D eigenvalue weighted by atomic mass is 9.83. The first kappa shape index (κ1) is 21.5. The van der Waals surface area contributed by atoms with Crippen LogP contribution in [0.4, 0.5) is 0 Å². The van der Waals surface area contributed by atoms with E-state index in [1.54, 1.807) is 51.3 Å². The molecule has 0 spiro atoms. The Morgan fingerprint density at radius 3 is 2.10 bits per heavy atom. The van der Waals surface area contributed by atoms with Gasteiger partial charge in [-0.05, 0) is 44.2 Å².